The molecule has 0 fully saturated rings. The summed E-state index contributed by atoms with van der Waals surface area (Å²) in [6.45, 7) is 2.47. The first-order valence-corrected chi connectivity index (χ1v) is 5.22. The number of benzene rings is 1. The van der Waals surface area contributed by atoms with Crippen LogP contribution in [0.5, 0.6) is 0 Å². The molecule has 0 radical (unpaired) electrons. The van der Waals surface area contributed by atoms with Crippen molar-refractivity contribution in [3.05, 3.63) is 36.0 Å². The summed E-state index contributed by atoms with van der Waals surface area (Å²) < 4.78 is 6.57. The Morgan fingerprint density at radius 1 is 1.41 bits per heavy atom. The van der Waals surface area contributed by atoms with Crippen LogP contribution in [0.15, 0.2) is 29.1 Å². The Kier molecular flexibility index (Phi) is 2.07. The first-order chi connectivity index (χ1) is 8.25. The molecule has 0 aliphatic heterocycles. The zero-order chi connectivity index (χ0) is 11.8. The van der Waals surface area contributed by atoms with Gasteiger partial charge in [0, 0.05) is 0 Å². The molecular formula is C11H11N5O. The lowest BCUT2D eigenvalue weighted by atomic mass is 10.2. The molecule has 0 bridgehead atoms. The molecule has 0 amide bonds. The maximum absolute atomic E-state index is 5.90. The Balaban J connectivity index is 2.16. The number of imidazole rings is 1. The second kappa shape index (κ2) is 3.58. The largest absolute Gasteiger partial charge is 0.369 e. The molecule has 0 saturated carbocycles. The fraction of sp³-hybridized carbons (Fsp3) is 0.182. The van der Waals surface area contributed by atoms with E-state index in [4.69, 9.17) is 10.3 Å². The predicted molar refractivity (Wildman–Crippen MR) is 62.3 cm³/mol. The Morgan fingerprint density at radius 3 is 3.06 bits per heavy atom. The predicted octanol–water partition coefficient (Wildman–Crippen LogP) is 1.36. The first kappa shape index (κ1) is 9.83. The molecule has 0 aliphatic rings. The highest BCUT2D eigenvalue weighted by atomic mass is 16.5. The van der Waals surface area contributed by atoms with Crippen LogP contribution in [0.25, 0.3) is 11.0 Å². The van der Waals surface area contributed by atoms with Gasteiger partial charge in [0.05, 0.1) is 17.6 Å². The summed E-state index contributed by atoms with van der Waals surface area (Å²) >= 11 is 0. The number of nitrogen functional groups attached to an aromatic ring is 1. The molecule has 3 aromatic rings. The van der Waals surface area contributed by atoms with Crippen molar-refractivity contribution >= 4 is 17.0 Å². The lowest BCUT2D eigenvalue weighted by Gasteiger charge is -2.02. The molecule has 17 heavy (non-hydrogen) atoms. The lowest BCUT2D eigenvalue weighted by Crippen LogP contribution is -2.05. The minimum atomic E-state index is 0.458. The van der Waals surface area contributed by atoms with Gasteiger partial charge in [-0.05, 0) is 18.6 Å². The molecule has 6 nitrogen and oxygen atoms in total. The molecule has 6 heteroatoms. The molecule has 0 aliphatic carbocycles. The Hall–Kier alpha value is -2.37. The number of fused-ring (bicyclic) bond motifs is 1. The third-order valence-electron chi connectivity index (χ3n) is 2.72. The number of hydrogen-bond donors (Lipinski definition) is 1. The average molecular weight is 229 g/mol. The van der Waals surface area contributed by atoms with E-state index in [-0.39, 0.29) is 0 Å². The summed E-state index contributed by atoms with van der Waals surface area (Å²) in [5, 5.41) is 3.77. The molecule has 2 aromatic heterocycles. The van der Waals surface area contributed by atoms with E-state index in [1.807, 2.05) is 29.7 Å². The van der Waals surface area contributed by atoms with Crippen molar-refractivity contribution in [3.8, 4) is 0 Å². The van der Waals surface area contributed by atoms with Crippen molar-refractivity contribution in [1.82, 2.24) is 19.7 Å². The number of nitrogens with two attached hydrogens (primary N) is 1. The van der Waals surface area contributed by atoms with E-state index in [2.05, 4.69) is 15.1 Å². The van der Waals surface area contributed by atoms with Gasteiger partial charge in [0.15, 0.2) is 5.82 Å². The Labute approximate surface area is 97.1 Å². The Bertz CT molecular complexity index is 656. The van der Waals surface area contributed by atoms with Crippen LogP contribution in [0.3, 0.4) is 0 Å². The zero-order valence-electron chi connectivity index (χ0n) is 9.29. The van der Waals surface area contributed by atoms with Crippen LogP contribution in [0.4, 0.5) is 5.95 Å². The second-order valence-electron chi connectivity index (χ2n) is 3.85. The van der Waals surface area contributed by atoms with E-state index in [1.165, 1.54) is 6.39 Å². The van der Waals surface area contributed by atoms with Crippen LogP contribution in [0.2, 0.25) is 0 Å². The van der Waals surface area contributed by atoms with Crippen molar-refractivity contribution in [2.24, 2.45) is 0 Å². The summed E-state index contributed by atoms with van der Waals surface area (Å²) in [6, 6.07) is 5.96. The standard InChI is InChI=1S/C11H11N5O/c1-7-3-2-4-8-10(7)14-11(12)16(8)5-9-13-6-17-15-9/h2-4,6H,5H2,1H3,(H2,12,14). The molecule has 0 spiro atoms. The molecule has 2 heterocycles. The van der Waals surface area contributed by atoms with Gasteiger partial charge < -0.3 is 14.8 Å². The fourth-order valence-electron chi connectivity index (χ4n) is 1.87. The number of aromatic nitrogens is 4. The van der Waals surface area contributed by atoms with Gasteiger partial charge in [0.1, 0.15) is 0 Å². The molecule has 0 atom stereocenters. The van der Waals surface area contributed by atoms with Gasteiger partial charge in [-0.3, -0.25) is 0 Å². The van der Waals surface area contributed by atoms with Gasteiger partial charge in [-0.25, -0.2) is 4.98 Å². The summed E-state index contributed by atoms with van der Waals surface area (Å²) in [5.41, 5.74) is 8.89. The van der Waals surface area contributed by atoms with E-state index in [0.717, 1.165) is 16.6 Å². The maximum Gasteiger partial charge on any atom is 0.213 e. The van der Waals surface area contributed by atoms with E-state index in [9.17, 15) is 0 Å². The monoisotopic (exact) mass is 229 g/mol. The van der Waals surface area contributed by atoms with Crippen LogP contribution in [-0.2, 0) is 6.54 Å². The number of para-hydroxylation sites is 1. The molecule has 2 N–H and O–H groups in total. The highest BCUT2D eigenvalue weighted by molar-refractivity contribution is 5.81. The van der Waals surface area contributed by atoms with Gasteiger partial charge in [-0.2, -0.15) is 4.98 Å². The normalized spacial score (nSPS) is 11.1. The average Bonchev–Trinajstić information content (AvgIpc) is 2.91. The number of anilines is 1. The van der Waals surface area contributed by atoms with Gasteiger partial charge in [-0.1, -0.05) is 17.3 Å². The summed E-state index contributed by atoms with van der Waals surface area (Å²) in [6.07, 6.45) is 1.30. The van der Waals surface area contributed by atoms with Crippen LogP contribution in [0, 0.1) is 6.92 Å². The minimum absolute atomic E-state index is 0.458. The molecule has 1 aromatic carbocycles. The highest BCUT2D eigenvalue weighted by Gasteiger charge is 2.11. The SMILES string of the molecule is Cc1cccc2c1nc(N)n2Cc1ncon1. The third-order valence-corrected chi connectivity index (χ3v) is 2.72. The van der Waals surface area contributed by atoms with Crippen molar-refractivity contribution in [2.45, 2.75) is 13.5 Å². The first-order valence-electron chi connectivity index (χ1n) is 5.22. The maximum atomic E-state index is 5.90. The lowest BCUT2D eigenvalue weighted by molar-refractivity contribution is 0.408. The van der Waals surface area contributed by atoms with Crippen molar-refractivity contribution in [1.29, 1.82) is 0 Å². The molecular weight excluding hydrogens is 218 g/mol. The quantitative estimate of drug-likeness (QED) is 0.717. The molecule has 0 saturated heterocycles. The summed E-state index contributed by atoms with van der Waals surface area (Å²) in [5.74, 6) is 1.04. The van der Waals surface area contributed by atoms with Gasteiger partial charge in [0.25, 0.3) is 0 Å². The van der Waals surface area contributed by atoms with E-state index in [0.29, 0.717) is 18.3 Å². The van der Waals surface area contributed by atoms with E-state index in [1.54, 1.807) is 0 Å². The summed E-state index contributed by atoms with van der Waals surface area (Å²) in [4.78, 5) is 8.33. The molecule has 86 valence electrons. The summed E-state index contributed by atoms with van der Waals surface area (Å²) in [7, 11) is 0. The van der Waals surface area contributed by atoms with E-state index < -0.39 is 0 Å². The van der Waals surface area contributed by atoms with Crippen LogP contribution in [0.1, 0.15) is 11.4 Å². The van der Waals surface area contributed by atoms with Gasteiger partial charge >= 0.3 is 0 Å². The minimum Gasteiger partial charge on any atom is -0.369 e. The van der Waals surface area contributed by atoms with Crippen LogP contribution >= 0.6 is 0 Å². The Morgan fingerprint density at radius 2 is 2.29 bits per heavy atom. The van der Waals surface area contributed by atoms with Gasteiger partial charge in [-0.15, -0.1) is 0 Å². The van der Waals surface area contributed by atoms with Crippen LogP contribution in [-0.4, -0.2) is 19.7 Å². The number of aryl methyl sites for hydroxylation is 1. The smallest absolute Gasteiger partial charge is 0.213 e. The van der Waals surface area contributed by atoms with Crippen molar-refractivity contribution in [2.75, 3.05) is 5.73 Å². The van der Waals surface area contributed by atoms with Crippen molar-refractivity contribution < 1.29 is 4.52 Å². The molecule has 3 rings (SSSR count). The van der Waals surface area contributed by atoms with E-state index >= 15 is 0 Å². The second-order valence-corrected chi connectivity index (χ2v) is 3.85. The molecule has 0 unspecified atom stereocenters. The topological polar surface area (TPSA) is 82.8 Å². The highest BCUT2D eigenvalue weighted by Crippen LogP contribution is 2.21. The number of nitrogens with zero attached hydrogens (tertiary/aromatic N) is 4. The third kappa shape index (κ3) is 1.54. The number of rotatable bonds is 2. The van der Waals surface area contributed by atoms with Gasteiger partial charge in [0.2, 0.25) is 12.3 Å². The fourth-order valence-corrected chi connectivity index (χ4v) is 1.87. The van der Waals surface area contributed by atoms with Crippen LogP contribution < -0.4 is 5.73 Å². The van der Waals surface area contributed by atoms with Crippen molar-refractivity contribution in [3.63, 3.8) is 0 Å². The number of hydrogen-bond acceptors (Lipinski definition) is 5. The zero-order valence-corrected chi connectivity index (χ0v) is 9.29.